The third-order valence-electron chi connectivity index (χ3n) is 7.41. The number of aliphatic carboxylic acids is 1. The van der Waals surface area contributed by atoms with Gasteiger partial charge in [0.15, 0.2) is 12.1 Å². The molecule has 2 bridgehead atoms. The van der Waals surface area contributed by atoms with E-state index in [-0.39, 0.29) is 23.1 Å². The molecule has 0 aromatic heterocycles. The van der Waals surface area contributed by atoms with E-state index in [0.29, 0.717) is 19.4 Å². The van der Waals surface area contributed by atoms with Crippen molar-refractivity contribution in [2.24, 2.45) is 23.6 Å². The lowest BCUT2D eigenvalue weighted by atomic mass is 9.61. The Hall–Kier alpha value is -2.29. The molecule has 5 unspecified atom stereocenters. The highest BCUT2D eigenvalue weighted by Gasteiger charge is 2.81. The molecule has 8 nitrogen and oxygen atoms in total. The summed E-state index contributed by atoms with van der Waals surface area (Å²) in [5.41, 5.74) is 0.537. The summed E-state index contributed by atoms with van der Waals surface area (Å²) in [5, 5.41) is 9.51. The third kappa shape index (κ3) is 3.23. The Balaban J connectivity index is 1.98. The number of fused-ring (bicyclic) bond motifs is 2. The smallest absolute Gasteiger partial charge is 0.367 e. The Morgan fingerprint density at radius 1 is 1.30 bits per heavy atom. The fraction of sp³-hybridized carbons (Fsp3) is 0.591. The summed E-state index contributed by atoms with van der Waals surface area (Å²) in [6.07, 6.45) is 1.09. The molecule has 4 rings (SSSR count). The molecule has 3 fully saturated rings. The molecule has 0 aliphatic carbocycles. The van der Waals surface area contributed by atoms with Gasteiger partial charge in [-0.15, -0.1) is 5.84 Å². The van der Waals surface area contributed by atoms with Crippen LogP contribution in [0.15, 0.2) is 30.3 Å². The quantitative estimate of drug-likeness (QED) is 0.376. The fourth-order valence-corrected chi connectivity index (χ4v) is 5.48. The van der Waals surface area contributed by atoms with E-state index in [1.165, 1.54) is 0 Å². The number of likely N-dealkylation sites (N-methyl/N-ethyl adjacent to an activating group) is 1. The van der Waals surface area contributed by atoms with Gasteiger partial charge in [-0.25, -0.2) is 9.59 Å². The predicted octanol–water partition coefficient (Wildman–Crippen LogP) is 1.50. The molecule has 1 amide bonds. The number of hydrogen-bond donors (Lipinski definition) is 2. The second-order valence-corrected chi connectivity index (χ2v) is 9.21. The van der Waals surface area contributed by atoms with Crippen molar-refractivity contribution in [2.75, 3.05) is 26.7 Å². The molecule has 3 saturated heterocycles. The fourth-order valence-electron chi connectivity index (χ4n) is 5.48. The molecule has 5 atom stereocenters. The number of quaternary nitrogens is 2. The molecule has 1 aromatic rings. The zero-order chi connectivity index (χ0) is 22.3. The van der Waals surface area contributed by atoms with Gasteiger partial charge in [0, 0.05) is 0 Å². The number of benzene rings is 1. The summed E-state index contributed by atoms with van der Waals surface area (Å²) in [7, 11) is 1.58. The van der Waals surface area contributed by atoms with E-state index in [9.17, 15) is 19.5 Å². The SMILES string of the molecule is CCOC(=O)C(CCc1ccccc1)C1C(=O)[N+](C)(CC(=O)O)[N+]2(N)CC1C2(C)C. The molecule has 3 aliphatic heterocycles. The average molecular weight is 420 g/mol. The van der Waals surface area contributed by atoms with Crippen LogP contribution in [0.5, 0.6) is 0 Å². The highest BCUT2D eigenvalue weighted by atomic mass is 16.5. The van der Waals surface area contributed by atoms with Crippen molar-refractivity contribution in [2.45, 2.75) is 39.2 Å². The Labute approximate surface area is 177 Å². The summed E-state index contributed by atoms with van der Waals surface area (Å²) in [5.74, 6) is 3.46. The van der Waals surface area contributed by atoms with Crippen molar-refractivity contribution in [3.8, 4) is 0 Å². The maximum atomic E-state index is 13.7. The van der Waals surface area contributed by atoms with Gasteiger partial charge in [-0.2, -0.15) is 0 Å². The van der Waals surface area contributed by atoms with Crippen LogP contribution < -0.4 is 5.84 Å². The van der Waals surface area contributed by atoms with Crippen molar-refractivity contribution >= 4 is 17.8 Å². The number of carbonyl (C=O) groups is 3. The van der Waals surface area contributed by atoms with Crippen molar-refractivity contribution in [3.05, 3.63) is 35.9 Å². The molecule has 8 heteroatoms. The standard InChI is InChI=1S/C22H32N3O5/c1-5-30-21(29)16(12-11-15-9-7-6-8-10-15)19-17-13-25(23,22(17,2)3)24(4,20(19)28)14-18(26)27/h6-10,16-17,19H,5,11-14,23H2,1-4H3/q+1/p+1. The largest absolute Gasteiger partial charge is 0.477 e. The van der Waals surface area contributed by atoms with Crippen molar-refractivity contribution in [1.82, 2.24) is 0 Å². The Kier molecular flexibility index (Phi) is 5.79. The number of ether oxygens (including phenoxy) is 1. The first kappa shape index (κ1) is 22.4. The van der Waals surface area contributed by atoms with Crippen LogP contribution in [0.25, 0.3) is 0 Å². The molecule has 3 heterocycles. The van der Waals surface area contributed by atoms with Crippen molar-refractivity contribution in [1.29, 1.82) is 0 Å². The molecule has 3 N–H and O–H groups in total. The number of aryl methyl sites for hydroxylation is 1. The molecular formula is C22H33N3O5+2. The summed E-state index contributed by atoms with van der Waals surface area (Å²) in [4.78, 5) is 38.3. The summed E-state index contributed by atoms with van der Waals surface area (Å²) < 4.78 is 4.74. The van der Waals surface area contributed by atoms with Crippen LogP contribution in [-0.2, 0) is 25.5 Å². The molecule has 3 aliphatic rings. The summed E-state index contributed by atoms with van der Waals surface area (Å²) in [6.45, 7) is 5.92. The van der Waals surface area contributed by atoms with E-state index in [2.05, 4.69) is 0 Å². The Bertz CT molecular complexity index is 842. The van der Waals surface area contributed by atoms with Crippen LogP contribution in [-0.4, -0.2) is 64.5 Å². The number of carboxylic acid groups (broad SMARTS) is 1. The molecule has 0 radical (unpaired) electrons. The average Bonchev–Trinajstić information content (AvgIpc) is 2.68. The van der Waals surface area contributed by atoms with E-state index in [1.54, 1.807) is 14.0 Å². The highest BCUT2D eigenvalue weighted by molar-refractivity contribution is 5.84. The Morgan fingerprint density at radius 3 is 2.47 bits per heavy atom. The number of nitrogens with two attached hydrogens (primary N) is 1. The van der Waals surface area contributed by atoms with Gasteiger partial charge < -0.3 is 9.84 Å². The normalized spacial score (nSPS) is 32.8. The molecule has 164 valence electrons. The van der Waals surface area contributed by atoms with E-state index >= 15 is 0 Å². The minimum Gasteiger partial charge on any atom is -0.477 e. The first-order chi connectivity index (χ1) is 14.0. The first-order valence-electron chi connectivity index (χ1n) is 10.5. The lowest BCUT2D eigenvalue weighted by Crippen LogP contribution is -2.97. The number of carbonyl (C=O) groups excluding carboxylic acids is 2. The molecule has 0 saturated carbocycles. The lowest BCUT2D eigenvalue weighted by Gasteiger charge is -2.68. The Morgan fingerprint density at radius 2 is 1.93 bits per heavy atom. The van der Waals surface area contributed by atoms with Crippen LogP contribution >= 0.6 is 0 Å². The van der Waals surface area contributed by atoms with Crippen molar-refractivity contribution in [3.63, 3.8) is 0 Å². The van der Waals surface area contributed by atoms with Crippen molar-refractivity contribution < 1.29 is 33.5 Å². The zero-order valence-electron chi connectivity index (χ0n) is 18.2. The second-order valence-electron chi connectivity index (χ2n) is 9.21. The number of rotatable bonds is 8. The summed E-state index contributed by atoms with van der Waals surface area (Å²) in [6, 6.07) is 9.80. The van der Waals surface area contributed by atoms with E-state index in [1.807, 2.05) is 44.2 Å². The van der Waals surface area contributed by atoms with Gasteiger partial charge >= 0.3 is 17.8 Å². The monoisotopic (exact) mass is 419 g/mol. The van der Waals surface area contributed by atoms with Crippen LogP contribution in [0.2, 0.25) is 0 Å². The van der Waals surface area contributed by atoms with Crippen LogP contribution in [0.1, 0.15) is 32.8 Å². The number of hydrogen-bond acceptors (Lipinski definition) is 5. The number of esters is 1. The van der Waals surface area contributed by atoms with Gasteiger partial charge in [0.05, 0.1) is 18.4 Å². The molecular weight excluding hydrogens is 386 g/mol. The van der Waals surface area contributed by atoms with E-state index in [0.717, 1.165) is 5.56 Å². The van der Waals surface area contributed by atoms with Gasteiger partial charge in [-0.3, -0.25) is 4.79 Å². The van der Waals surface area contributed by atoms with Crippen LogP contribution in [0.3, 0.4) is 0 Å². The van der Waals surface area contributed by atoms with Gasteiger partial charge in [-0.1, -0.05) is 39.6 Å². The highest BCUT2D eigenvalue weighted by Crippen LogP contribution is 2.56. The van der Waals surface area contributed by atoms with Gasteiger partial charge in [0.2, 0.25) is 6.54 Å². The predicted molar refractivity (Wildman–Crippen MR) is 109 cm³/mol. The lowest BCUT2D eigenvalue weighted by molar-refractivity contribution is -1.50. The van der Waals surface area contributed by atoms with Gasteiger partial charge in [0.25, 0.3) is 0 Å². The summed E-state index contributed by atoms with van der Waals surface area (Å²) >= 11 is 0. The van der Waals surface area contributed by atoms with Crippen LogP contribution in [0, 0.1) is 17.8 Å². The topological polar surface area (TPSA) is 107 Å². The van der Waals surface area contributed by atoms with Gasteiger partial charge in [-0.05, 0) is 39.2 Å². The maximum Gasteiger partial charge on any atom is 0.367 e. The van der Waals surface area contributed by atoms with E-state index in [4.69, 9.17) is 10.6 Å². The minimum absolute atomic E-state index is 0.111. The maximum absolute atomic E-state index is 13.7. The van der Waals surface area contributed by atoms with E-state index < -0.39 is 40.5 Å². The number of amides is 1. The third-order valence-corrected chi connectivity index (χ3v) is 7.41. The molecule has 0 spiro atoms. The second kappa shape index (κ2) is 7.76. The van der Waals surface area contributed by atoms with Gasteiger partial charge in [0.1, 0.15) is 13.0 Å². The minimum atomic E-state index is -1.09. The number of nitrogens with zero attached hydrogens (tertiary/aromatic N) is 2. The number of carboxylic acids is 1. The molecule has 1 aromatic carbocycles. The first-order valence-corrected chi connectivity index (χ1v) is 10.5. The zero-order valence-corrected chi connectivity index (χ0v) is 18.2. The van der Waals surface area contributed by atoms with Crippen LogP contribution in [0.4, 0.5) is 0 Å². The molecule has 30 heavy (non-hydrogen) atoms.